The Kier molecular flexibility index (Phi) is 5.70. The van der Waals surface area contributed by atoms with Gasteiger partial charge in [0.25, 0.3) is 0 Å². The molecule has 6 nitrogen and oxygen atoms in total. The number of hydrogen-bond donors (Lipinski definition) is 1. The van der Waals surface area contributed by atoms with Crippen LogP contribution >= 0.6 is 0 Å². The summed E-state index contributed by atoms with van der Waals surface area (Å²) >= 11 is 0. The highest BCUT2D eigenvalue weighted by Gasteiger charge is 2.27. The maximum absolute atomic E-state index is 12.4. The molecule has 1 N–H and O–H groups in total. The molecule has 1 aliphatic heterocycles. The molecule has 23 heavy (non-hydrogen) atoms. The number of benzene rings is 1. The molecule has 1 aromatic rings. The smallest absolute Gasteiger partial charge is 0.240 e. The van der Waals surface area contributed by atoms with E-state index in [4.69, 9.17) is 0 Å². The molecule has 1 saturated heterocycles. The lowest BCUT2D eigenvalue weighted by Crippen LogP contribution is -2.38. The van der Waals surface area contributed by atoms with Gasteiger partial charge in [-0.2, -0.15) is 0 Å². The van der Waals surface area contributed by atoms with Gasteiger partial charge >= 0.3 is 0 Å². The zero-order valence-electron chi connectivity index (χ0n) is 13.6. The molecule has 1 heterocycles. The molecule has 0 atom stereocenters. The first-order valence-corrected chi connectivity index (χ1v) is 11.0. The van der Waals surface area contributed by atoms with Crippen molar-refractivity contribution >= 4 is 25.7 Å². The molecule has 8 heteroatoms. The summed E-state index contributed by atoms with van der Waals surface area (Å²) in [6.45, 7) is 4.48. The van der Waals surface area contributed by atoms with Crippen LogP contribution in [0.1, 0.15) is 38.2 Å². The van der Waals surface area contributed by atoms with Gasteiger partial charge in [-0.15, -0.1) is 0 Å². The lowest BCUT2D eigenvalue weighted by atomic mass is 10.2. The van der Waals surface area contributed by atoms with Crippen LogP contribution in [-0.2, 0) is 20.0 Å². The van der Waals surface area contributed by atoms with E-state index in [9.17, 15) is 16.8 Å². The predicted octanol–water partition coefficient (Wildman–Crippen LogP) is 2.00. The molecule has 0 radical (unpaired) electrons. The number of unbranched alkanes of at least 4 members (excludes halogenated alkanes) is 1. The minimum Gasteiger partial charge on any atom is -0.270 e. The van der Waals surface area contributed by atoms with E-state index >= 15 is 0 Å². The molecule has 0 aliphatic carbocycles. The van der Waals surface area contributed by atoms with Crippen molar-refractivity contribution in [1.82, 2.24) is 4.72 Å². The van der Waals surface area contributed by atoms with E-state index in [2.05, 4.69) is 4.72 Å². The maximum Gasteiger partial charge on any atom is 0.240 e. The lowest BCUT2D eigenvalue weighted by molar-refractivity contribution is 0.572. The minimum absolute atomic E-state index is 0.109. The summed E-state index contributed by atoms with van der Waals surface area (Å²) in [6.07, 6.45) is 3.09. The maximum atomic E-state index is 12.4. The highest BCUT2D eigenvalue weighted by molar-refractivity contribution is 7.92. The zero-order chi connectivity index (χ0) is 17.1. The quantitative estimate of drug-likeness (QED) is 0.787. The Morgan fingerprint density at radius 2 is 2.00 bits per heavy atom. The van der Waals surface area contributed by atoms with Crippen molar-refractivity contribution in [1.29, 1.82) is 0 Å². The van der Waals surface area contributed by atoms with Gasteiger partial charge in [0.1, 0.15) is 0 Å². The van der Waals surface area contributed by atoms with E-state index in [1.165, 1.54) is 10.4 Å². The Morgan fingerprint density at radius 1 is 1.26 bits per heavy atom. The third-order valence-electron chi connectivity index (χ3n) is 3.92. The van der Waals surface area contributed by atoms with Crippen molar-refractivity contribution in [3.8, 4) is 0 Å². The SMILES string of the molecule is CCCCNS(=O)(=O)c1cc(N2CCCCS2(=O)=O)ccc1C. The summed E-state index contributed by atoms with van der Waals surface area (Å²) < 4.78 is 53.2. The summed E-state index contributed by atoms with van der Waals surface area (Å²) in [7, 11) is -6.99. The van der Waals surface area contributed by atoms with Gasteiger partial charge in [-0.3, -0.25) is 4.31 Å². The van der Waals surface area contributed by atoms with Crippen LogP contribution in [0.25, 0.3) is 0 Å². The van der Waals surface area contributed by atoms with Crippen molar-refractivity contribution in [2.24, 2.45) is 0 Å². The Labute approximate surface area is 139 Å². The third kappa shape index (κ3) is 4.24. The molecule has 130 valence electrons. The molecule has 0 bridgehead atoms. The molecule has 0 unspecified atom stereocenters. The molecule has 1 fully saturated rings. The van der Waals surface area contributed by atoms with E-state index in [0.29, 0.717) is 30.8 Å². The van der Waals surface area contributed by atoms with Gasteiger partial charge in [0, 0.05) is 13.1 Å². The Hall–Kier alpha value is -1.12. The van der Waals surface area contributed by atoms with E-state index in [0.717, 1.165) is 19.3 Å². The lowest BCUT2D eigenvalue weighted by Gasteiger charge is -2.28. The van der Waals surface area contributed by atoms with Gasteiger partial charge in [-0.1, -0.05) is 19.4 Å². The van der Waals surface area contributed by atoms with Crippen LogP contribution in [0, 0.1) is 6.92 Å². The van der Waals surface area contributed by atoms with E-state index in [-0.39, 0.29) is 10.6 Å². The van der Waals surface area contributed by atoms with Crippen LogP contribution < -0.4 is 9.03 Å². The highest BCUT2D eigenvalue weighted by Crippen LogP contribution is 2.27. The first-order chi connectivity index (χ1) is 10.8. The van der Waals surface area contributed by atoms with Gasteiger partial charge in [0.05, 0.1) is 16.3 Å². The number of aryl methyl sites for hydroxylation is 1. The molecule has 0 amide bonds. The van der Waals surface area contributed by atoms with Crippen molar-refractivity contribution in [2.45, 2.75) is 44.4 Å². The van der Waals surface area contributed by atoms with Crippen LogP contribution in [0.3, 0.4) is 0 Å². The second kappa shape index (κ2) is 7.19. The molecule has 1 aliphatic rings. The number of hydrogen-bond acceptors (Lipinski definition) is 4. The zero-order valence-corrected chi connectivity index (χ0v) is 15.2. The summed E-state index contributed by atoms with van der Waals surface area (Å²) in [6, 6.07) is 4.80. The van der Waals surface area contributed by atoms with Crippen molar-refractivity contribution < 1.29 is 16.8 Å². The van der Waals surface area contributed by atoms with Crippen LogP contribution in [-0.4, -0.2) is 35.7 Å². The largest absolute Gasteiger partial charge is 0.270 e. The van der Waals surface area contributed by atoms with Gasteiger partial charge in [-0.25, -0.2) is 21.6 Å². The number of anilines is 1. The Morgan fingerprint density at radius 3 is 2.65 bits per heavy atom. The summed E-state index contributed by atoms with van der Waals surface area (Å²) in [5.74, 6) is 0.109. The second-order valence-electron chi connectivity index (χ2n) is 5.80. The van der Waals surface area contributed by atoms with E-state index in [1.807, 2.05) is 6.92 Å². The normalized spacial score (nSPS) is 18.1. The fraction of sp³-hybridized carbons (Fsp3) is 0.600. The number of sulfonamides is 2. The van der Waals surface area contributed by atoms with Crippen LogP contribution in [0.2, 0.25) is 0 Å². The molecule has 2 rings (SSSR count). The average molecular weight is 361 g/mol. The first kappa shape index (κ1) is 18.2. The molecular weight excluding hydrogens is 336 g/mol. The summed E-state index contributed by atoms with van der Waals surface area (Å²) in [5.41, 5.74) is 1.03. The number of nitrogens with one attached hydrogen (secondary N) is 1. The highest BCUT2D eigenvalue weighted by atomic mass is 32.2. The standard InChI is InChI=1S/C15H24N2O4S2/c1-3-4-9-16-23(20,21)15-12-14(8-7-13(15)2)17-10-5-6-11-22(17,18)19/h7-8,12,16H,3-6,9-11H2,1-2H3. The van der Waals surface area contributed by atoms with Crippen molar-refractivity contribution in [3.05, 3.63) is 23.8 Å². The minimum atomic E-state index is -3.63. The Balaban J connectivity index is 2.36. The fourth-order valence-electron chi connectivity index (χ4n) is 2.57. The Bertz CT molecular complexity index is 758. The van der Waals surface area contributed by atoms with Crippen LogP contribution in [0.5, 0.6) is 0 Å². The predicted molar refractivity (Wildman–Crippen MR) is 91.6 cm³/mol. The van der Waals surface area contributed by atoms with Gasteiger partial charge in [0.2, 0.25) is 20.0 Å². The molecule has 0 aromatic heterocycles. The molecule has 0 saturated carbocycles. The first-order valence-electron chi connectivity index (χ1n) is 7.88. The topological polar surface area (TPSA) is 83.6 Å². The second-order valence-corrected chi connectivity index (χ2v) is 9.54. The van der Waals surface area contributed by atoms with Gasteiger partial charge in [-0.05, 0) is 43.9 Å². The third-order valence-corrected chi connectivity index (χ3v) is 7.39. The van der Waals surface area contributed by atoms with Crippen molar-refractivity contribution in [2.75, 3.05) is 23.1 Å². The number of nitrogens with zero attached hydrogens (tertiary/aromatic N) is 1. The fourth-order valence-corrected chi connectivity index (χ4v) is 5.54. The molecule has 1 aromatic carbocycles. The van der Waals surface area contributed by atoms with Crippen LogP contribution in [0.15, 0.2) is 23.1 Å². The molecular formula is C15H24N2O4S2. The summed E-state index contributed by atoms with van der Waals surface area (Å²) in [5, 5.41) is 0. The average Bonchev–Trinajstić information content (AvgIpc) is 2.47. The van der Waals surface area contributed by atoms with Crippen LogP contribution in [0.4, 0.5) is 5.69 Å². The van der Waals surface area contributed by atoms with Crippen molar-refractivity contribution in [3.63, 3.8) is 0 Å². The van der Waals surface area contributed by atoms with Gasteiger partial charge < -0.3 is 0 Å². The van der Waals surface area contributed by atoms with E-state index in [1.54, 1.807) is 19.1 Å². The molecule has 0 spiro atoms. The monoisotopic (exact) mass is 360 g/mol. The van der Waals surface area contributed by atoms with Gasteiger partial charge in [0.15, 0.2) is 0 Å². The number of rotatable bonds is 6. The summed E-state index contributed by atoms with van der Waals surface area (Å²) in [4.78, 5) is 0.145. The van der Waals surface area contributed by atoms with E-state index < -0.39 is 20.0 Å².